The topological polar surface area (TPSA) is 40.5 Å². The molecule has 0 amide bonds. The van der Waals surface area contributed by atoms with Crippen LogP contribution in [0.15, 0.2) is 109 Å². The van der Waals surface area contributed by atoms with Gasteiger partial charge in [-0.3, -0.25) is 0 Å². The van der Waals surface area contributed by atoms with Gasteiger partial charge in [0.05, 0.1) is 0 Å². The first-order valence-corrected chi connectivity index (χ1v) is 9.42. The van der Waals surface area contributed by atoms with Gasteiger partial charge in [-0.25, -0.2) is 0 Å². The molecule has 0 heterocycles. The van der Waals surface area contributed by atoms with E-state index in [0.717, 1.165) is 11.1 Å². The Hall–Kier alpha value is -3.20. The van der Waals surface area contributed by atoms with Crippen LogP contribution in [0.1, 0.15) is 22.3 Å². The van der Waals surface area contributed by atoms with Crippen LogP contribution in [0.2, 0.25) is 0 Å². The van der Waals surface area contributed by atoms with Crippen molar-refractivity contribution in [2.45, 2.75) is 11.2 Å². The highest BCUT2D eigenvalue weighted by Crippen LogP contribution is 2.57. The average molecular weight is 364 g/mol. The van der Waals surface area contributed by atoms with Crippen molar-refractivity contribution in [2.75, 3.05) is 0 Å². The smallest absolute Gasteiger partial charge is 0.152 e. The van der Waals surface area contributed by atoms with Crippen LogP contribution in [0.3, 0.4) is 0 Å². The minimum Gasteiger partial charge on any atom is -0.377 e. The summed E-state index contributed by atoms with van der Waals surface area (Å²) in [6, 6.07) is 34.5. The van der Waals surface area contributed by atoms with E-state index < -0.39 is 11.2 Å². The van der Waals surface area contributed by atoms with Crippen LogP contribution in [0.5, 0.6) is 0 Å². The van der Waals surface area contributed by atoms with Crippen molar-refractivity contribution in [3.63, 3.8) is 0 Å². The fraction of sp³-hybridized carbons (Fsp3) is 0.0769. The van der Waals surface area contributed by atoms with Gasteiger partial charge in [-0.2, -0.15) is 0 Å². The average Bonchev–Trinajstić information content (AvgIpc) is 2.78. The molecule has 28 heavy (non-hydrogen) atoms. The van der Waals surface area contributed by atoms with E-state index in [1.807, 2.05) is 109 Å². The van der Waals surface area contributed by atoms with Crippen molar-refractivity contribution in [3.05, 3.63) is 131 Å². The highest BCUT2D eigenvalue weighted by molar-refractivity contribution is 5.79. The molecule has 0 aromatic heterocycles. The van der Waals surface area contributed by atoms with E-state index in [0.29, 0.717) is 22.3 Å². The molecule has 0 fully saturated rings. The van der Waals surface area contributed by atoms with Crippen LogP contribution in [0.25, 0.3) is 11.1 Å². The Kier molecular flexibility index (Phi) is 3.73. The Labute approximate surface area is 164 Å². The summed E-state index contributed by atoms with van der Waals surface area (Å²) in [6.45, 7) is 0. The molecular formula is C26H20O2. The Morgan fingerprint density at radius 2 is 0.714 bits per heavy atom. The molecule has 2 atom stereocenters. The maximum absolute atomic E-state index is 12.4. The zero-order valence-electron chi connectivity index (χ0n) is 15.3. The van der Waals surface area contributed by atoms with Crippen molar-refractivity contribution < 1.29 is 10.2 Å². The molecule has 0 bridgehead atoms. The maximum Gasteiger partial charge on any atom is 0.152 e. The third kappa shape index (κ3) is 2.10. The molecule has 4 aromatic carbocycles. The van der Waals surface area contributed by atoms with Crippen molar-refractivity contribution in [1.29, 1.82) is 0 Å². The van der Waals surface area contributed by atoms with Gasteiger partial charge in [0.2, 0.25) is 0 Å². The molecule has 136 valence electrons. The van der Waals surface area contributed by atoms with Crippen molar-refractivity contribution >= 4 is 0 Å². The van der Waals surface area contributed by atoms with E-state index in [4.69, 9.17) is 0 Å². The standard InChI is InChI=1S/C26H20O2/c27-25(19-11-3-1-4-12-19)23-17-9-7-15-21(23)22-16-8-10-18-24(22)26(25,28)20-13-5-2-6-14-20/h1-18,27-28H/t25-,26+. The monoisotopic (exact) mass is 364 g/mol. The first-order chi connectivity index (χ1) is 13.7. The lowest BCUT2D eigenvalue weighted by atomic mass is 9.60. The number of hydrogen-bond acceptors (Lipinski definition) is 2. The molecular weight excluding hydrogens is 344 g/mol. The van der Waals surface area contributed by atoms with E-state index in [-0.39, 0.29) is 0 Å². The quantitative estimate of drug-likeness (QED) is 0.534. The summed E-state index contributed by atoms with van der Waals surface area (Å²) in [5.41, 5.74) is 1.31. The molecule has 1 aliphatic carbocycles. The number of rotatable bonds is 2. The van der Waals surface area contributed by atoms with Gasteiger partial charge in [0, 0.05) is 0 Å². The number of aliphatic hydroxyl groups is 2. The van der Waals surface area contributed by atoms with Crippen LogP contribution in [0.4, 0.5) is 0 Å². The van der Waals surface area contributed by atoms with Crippen LogP contribution >= 0.6 is 0 Å². The van der Waals surface area contributed by atoms with Crippen LogP contribution in [0, 0.1) is 0 Å². The molecule has 5 rings (SSSR count). The molecule has 4 aromatic rings. The fourth-order valence-corrected chi connectivity index (χ4v) is 4.54. The molecule has 2 heteroatoms. The predicted octanol–water partition coefficient (Wildman–Crippen LogP) is 4.84. The normalized spacial score (nSPS) is 22.9. The van der Waals surface area contributed by atoms with Crippen molar-refractivity contribution in [2.24, 2.45) is 0 Å². The zero-order valence-corrected chi connectivity index (χ0v) is 15.3. The molecule has 0 spiro atoms. The van der Waals surface area contributed by atoms with Gasteiger partial charge in [0.1, 0.15) is 0 Å². The molecule has 0 radical (unpaired) electrons. The first kappa shape index (κ1) is 16.9. The van der Waals surface area contributed by atoms with E-state index in [9.17, 15) is 10.2 Å². The largest absolute Gasteiger partial charge is 0.377 e. The maximum atomic E-state index is 12.4. The van der Waals surface area contributed by atoms with E-state index in [1.54, 1.807) is 0 Å². The summed E-state index contributed by atoms with van der Waals surface area (Å²) in [4.78, 5) is 0. The Bertz CT molecular complexity index is 1040. The highest BCUT2D eigenvalue weighted by atomic mass is 16.4. The van der Waals surface area contributed by atoms with Crippen LogP contribution in [-0.4, -0.2) is 10.2 Å². The van der Waals surface area contributed by atoms with Crippen molar-refractivity contribution in [1.82, 2.24) is 0 Å². The van der Waals surface area contributed by atoms with Crippen molar-refractivity contribution in [3.8, 4) is 11.1 Å². The van der Waals surface area contributed by atoms with E-state index in [1.165, 1.54) is 0 Å². The summed E-state index contributed by atoms with van der Waals surface area (Å²) < 4.78 is 0. The molecule has 2 nitrogen and oxygen atoms in total. The third-order valence-corrected chi connectivity index (χ3v) is 5.83. The summed E-state index contributed by atoms with van der Waals surface area (Å²) in [5.74, 6) is 0. The Morgan fingerprint density at radius 3 is 1.11 bits per heavy atom. The molecule has 2 N–H and O–H groups in total. The lowest BCUT2D eigenvalue weighted by Crippen LogP contribution is -2.53. The number of benzene rings is 4. The zero-order chi connectivity index (χ0) is 19.2. The second kappa shape index (κ2) is 6.16. The summed E-state index contributed by atoms with van der Waals surface area (Å²) in [6.07, 6.45) is 0. The van der Waals surface area contributed by atoms with Crippen LogP contribution < -0.4 is 0 Å². The molecule has 0 aliphatic heterocycles. The number of hydrogen-bond donors (Lipinski definition) is 2. The third-order valence-electron chi connectivity index (χ3n) is 5.83. The molecule has 0 saturated heterocycles. The van der Waals surface area contributed by atoms with Gasteiger partial charge in [-0.05, 0) is 33.4 Å². The van der Waals surface area contributed by atoms with E-state index in [2.05, 4.69) is 0 Å². The lowest BCUT2D eigenvalue weighted by Gasteiger charge is -2.49. The summed E-state index contributed by atoms with van der Waals surface area (Å²) in [7, 11) is 0. The minimum absolute atomic E-state index is 0.656. The van der Waals surface area contributed by atoms with Gasteiger partial charge >= 0.3 is 0 Å². The Balaban J connectivity index is 1.96. The van der Waals surface area contributed by atoms with Gasteiger partial charge in [0.25, 0.3) is 0 Å². The summed E-state index contributed by atoms with van der Waals surface area (Å²) in [5, 5.41) is 24.7. The van der Waals surface area contributed by atoms with E-state index >= 15 is 0 Å². The van der Waals surface area contributed by atoms with Gasteiger partial charge in [-0.1, -0.05) is 109 Å². The molecule has 1 aliphatic rings. The Morgan fingerprint density at radius 1 is 0.393 bits per heavy atom. The highest BCUT2D eigenvalue weighted by Gasteiger charge is 2.58. The van der Waals surface area contributed by atoms with Gasteiger partial charge in [0.15, 0.2) is 11.2 Å². The van der Waals surface area contributed by atoms with Crippen LogP contribution in [-0.2, 0) is 11.2 Å². The minimum atomic E-state index is -1.64. The second-order valence-corrected chi connectivity index (χ2v) is 7.24. The fourth-order valence-electron chi connectivity index (χ4n) is 4.54. The SMILES string of the molecule is O[C@]1(c2ccccc2)c2ccccc2-c2ccccc2[C@@]1(O)c1ccccc1. The van der Waals surface area contributed by atoms with Gasteiger partial charge in [-0.15, -0.1) is 0 Å². The lowest BCUT2D eigenvalue weighted by molar-refractivity contribution is -0.114. The predicted molar refractivity (Wildman–Crippen MR) is 111 cm³/mol. The molecule has 0 saturated carbocycles. The summed E-state index contributed by atoms with van der Waals surface area (Å²) >= 11 is 0. The molecule has 0 unspecified atom stereocenters. The first-order valence-electron chi connectivity index (χ1n) is 9.42. The number of fused-ring (bicyclic) bond motifs is 3. The second-order valence-electron chi connectivity index (χ2n) is 7.24. The van der Waals surface area contributed by atoms with Gasteiger partial charge < -0.3 is 10.2 Å².